The molecule has 0 spiro atoms. The minimum Gasteiger partial charge on any atom is -0.310 e. The number of aromatic amines is 1. The largest absolute Gasteiger partial charge is 0.310 e. The molecular weight excluding hydrogens is 366 g/mol. The first kappa shape index (κ1) is 19.5. The number of piperidine rings is 1. The van der Waals surface area contributed by atoms with E-state index >= 15 is 0 Å². The second kappa shape index (κ2) is 7.79. The van der Waals surface area contributed by atoms with Crippen LogP contribution in [0.5, 0.6) is 0 Å². The molecule has 0 aliphatic carbocycles. The van der Waals surface area contributed by atoms with Gasteiger partial charge < -0.3 is 4.90 Å². The smallest absolute Gasteiger partial charge is 0.281 e. The molecule has 1 fully saturated rings. The number of carbonyl (C=O) groups is 1. The maximum absolute atomic E-state index is 12.7. The van der Waals surface area contributed by atoms with Crippen LogP contribution < -0.4 is 4.90 Å². The minimum absolute atomic E-state index is 0.162. The van der Waals surface area contributed by atoms with Gasteiger partial charge in [-0.05, 0) is 31.0 Å². The van der Waals surface area contributed by atoms with Crippen molar-refractivity contribution in [3.8, 4) is 0 Å². The number of aromatic nitrogens is 2. The van der Waals surface area contributed by atoms with Gasteiger partial charge in [0.05, 0.1) is 0 Å². The minimum atomic E-state index is -3.38. The summed E-state index contributed by atoms with van der Waals surface area (Å²) < 4.78 is 27.2. The van der Waals surface area contributed by atoms with Crippen LogP contribution in [0.4, 0.5) is 5.69 Å². The normalized spacial score (nSPS) is 16.6. The lowest BCUT2D eigenvalue weighted by molar-refractivity contribution is 0.0988. The van der Waals surface area contributed by atoms with Crippen molar-refractivity contribution in [2.75, 3.05) is 39.1 Å². The van der Waals surface area contributed by atoms with E-state index in [-0.39, 0.29) is 11.8 Å². The third kappa shape index (κ3) is 4.05. The zero-order chi connectivity index (χ0) is 19.6. The van der Waals surface area contributed by atoms with Crippen LogP contribution in [0.2, 0.25) is 0 Å². The van der Waals surface area contributed by atoms with E-state index in [0.29, 0.717) is 31.6 Å². The predicted octanol–water partition coefficient (Wildman–Crippen LogP) is 1.67. The first-order valence-electron chi connectivity index (χ1n) is 8.86. The number of hydrogen-bond acceptors (Lipinski definition) is 4. The van der Waals surface area contributed by atoms with E-state index in [0.717, 1.165) is 11.4 Å². The van der Waals surface area contributed by atoms with Gasteiger partial charge in [0.15, 0.2) is 5.69 Å². The van der Waals surface area contributed by atoms with E-state index in [4.69, 9.17) is 0 Å². The quantitative estimate of drug-likeness (QED) is 0.840. The summed E-state index contributed by atoms with van der Waals surface area (Å²) in [7, 11) is 1.42. The van der Waals surface area contributed by atoms with E-state index in [9.17, 15) is 13.2 Å². The summed E-state index contributed by atoms with van der Waals surface area (Å²) in [5, 5.41) is 7.14. The van der Waals surface area contributed by atoms with Gasteiger partial charge in [0, 0.05) is 51.5 Å². The number of carbonyl (C=O) groups excluding carboxylic acids is 1. The Labute approximate surface area is 160 Å². The van der Waals surface area contributed by atoms with Crippen LogP contribution in [-0.2, 0) is 10.2 Å². The first-order valence-corrected chi connectivity index (χ1v) is 10.3. The molecule has 0 radical (unpaired) electrons. The third-order valence-corrected chi connectivity index (χ3v) is 6.89. The molecule has 1 aliphatic heterocycles. The number of amides is 1. The average Bonchev–Trinajstić information content (AvgIpc) is 3.17. The average molecular weight is 391 g/mol. The Morgan fingerprint density at radius 1 is 1.15 bits per heavy atom. The number of nitrogens with zero attached hydrogens (tertiary/aromatic N) is 4. The Morgan fingerprint density at radius 3 is 2.37 bits per heavy atom. The Balaban J connectivity index is 1.66. The topological polar surface area (TPSA) is 89.6 Å². The molecule has 1 amide bonds. The number of anilines is 1. The number of para-hydroxylation sites is 1. The lowest BCUT2D eigenvalue weighted by Gasteiger charge is -2.32. The van der Waals surface area contributed by atoms with Crippen LogP contribution >= 0.6 is 0 Å². The number of nitrogens with one attached hydrogen (secondary N) is 1. The molecule has 2 aromatic rings. The molecule has 1 saturated heterocycles. The van der Waals surface area contributed by atoms with E-state index in [1.807, 2.05) is 30.3 Å². The highest BCUT2D eigenvalue weighted by atomic mass is 32.2. The molecule has 2 heterocycles. The Kier molecular flexibility index (Phi) is 5.64. The molecule has 0 atom stereocenters. The summed E-state index contributed by atoms with van der Waals surface area (Å²) in [5.74, 6) is -0.0222. The van der Waals surface area contributed by atoms with Crippen LogP contribution in [0.25, 0.3) is 0 Å². The van der Waals surface area contributed by atoms with Gasteiger partial charge in [-0.3, -0.25) is 9.89 Å². The fourth-order valence-electron chi connectivity index (χ4n) is 3.22. The molecule has 146 valence electrons. The third-order valence-electron chi connectivity index (χ3n) is 4.95. The van der Waals surface area contributed by atoms with E-state index in [2.05, 4.69) is 10.2 Å². The summed E-state index contributed by atoms with van der Waals surface area (Å²) >= 11 is 0. The molecule has 3 rings (SSSR count). The van der Waals surface area contributed by atoms with E-state index in [1.165, 1.54) is 22.7 Å². The summed E-state index contributed by atoms with van der Waals surface area (Å²) in [6, 6.07) is 11.2. The zero-order valence-corrected chi connectivity index (χ0v) is 16.6. The highest BCUT2D eigenvalue weighted by Crippen LogP contribution is 2.29. The van der Waals surface area contributed by atoms with Crippen molar-refractivity contribution in [3.63, 3.8) is 0 Å². The van der Waals surface area contributed by atoms with Crippen LogP contribution in [0.1, 0.15) is 34.9 Å². The van der Waals surface area contributed by atoms with E-state index < -0.39 is 10.2 Å². The molecule has 1 aliphatic rings. The first-order chi connectivity index (χ1) is 12.8. The van der Waals surface area contributed by atoms with Gasteiger partial charge in [-0.25, -0.2) is 0 Å². The molecule has 9 heteroatoms. The summed E-state index contributed by atoms with van der Waals surface area (Å²) in [4.78, 5) is 14.2. The lowest BCUT2D eigenvalue weighted by atomic mass is 9.94. The van der Waals surface area contributed by atoms with Gasteiger partial charge in [-0.1, -0.05) is 18.2 Å². The van der Waals surface area contributed by atoms with Gasteiger partial charge in [0.1, 0.15) is 0 Å². The van der Waals surface area contributed by atoms with Gasteiger partial charge >= 0.3 is 0 Å². The van der Waals surface area contributed by atoms with Crippen molar-refractivity contribution in [3.05, 3.63) is 47.8 Å². The second-order valence-corrected chi connectivity index (χ2v) is 9.01. The molecular formula is C18H25N5O3S. The standard InChI is InChI=1S/C18H25N5O3S/c1-21(2)27(25,26)23-11-9-14(10-12-23)16-13-17(20-19-16)18(24)22(3)15-7-5-4-6-8-15/h4-8,13-14H,9-12H2,1-3H3,(H,19,20). The Morgan fingerprint density at radius 2 is 1.78 bits per heavy atom. The predicted molar refractivity (Wildman–Crippen MR) is 104 cm³/mol. The molecule has 0 saturated carbocycles. The summed E-state index contributed by atoms with van der Waals surface area (Å²) in [6.07, 6.45) is 1.38. The number of hydrogen-bond donors (Lipinski definition) is 1. The Hall–Kier alpha value is -2.23. The van der Waals surface area contributed by atoms with Crippen molar-refractivity contribution in [1.82, 2.24) is 18.8 Å². The Bertz CT molecular complexity index is 887. The van der Waals surface area contributed by atoms with E-state index in [1.54, 1.807) is 18.0 Å². The zero-order valence-electron chi connectivity index (χ0n) is 15.8. The maximum Gasteiger partial charge on any atom is 0.281 e. The fourth-order valence-corrected chi connectivity index (χ4v) is 4.36. The lowest BCUT2D eigenvalue weighted by Crippen LogP contribution is -2.44. The van der Waals surface area contributed by atoms with Crippen LogP contribution in [-0.4, -0.2) is 67.4 Å². The second-order valence-electron chi connectivity index (χ2n) is 6.87. The molecule has 8 nitrogen and oxygen atoms in total. The highest BCUT2D eigenvalue weighted by molar-refractivity contribution is 7.86. The van der Waals surface area contributed by atoms with Crippen LogP contribution in [0, 0.1) is 0 Å². The van der Waals surface area contributed by atoms with Gasteiger partial charge in [0.25, 0.3) is 16.1 Å². The van der Waals surface area contributed by atoms with Gasteiger partial charge in [-0.2, -0.15) is 22.1 Å². The molecule has 1 aromatic heterocycles. The van der Waals surface area contributed by atoms with Crippen LogP contribution in [0.15, 0.2) is 36.4 Å². The van der Waals surface area contributed by atoms with Crippen molar-refractivity contribution in [2.45, 2.75) is 18.8 Å². The molecule has 1 N–H and O–H groups in total. The number of benzene rings is 1. The molecule has 0 unspecified atom stereocenters. The number of H-pyrrole nitrogens is 1. The van der Waals surface area contributed by atoms with Crippen LogP contribution in [0.3, 0.4) is 0 Å². The van der Waals surface area contributed by atoms with Crippen molar-refractivity contribution in [1.29, 1.82) is 0 Å². The van der Waals surface area contributed by atoms with Crippen molar-refractivity contribution in [2.24, 2.45) is 0 Å². The van der Waals surface area contributed by atoms with Crippen molar-refractivity contribution >= 4 is 21.8 Å². The van der Waals surface area contributed by atoms with Gasteiger partial charge in [-0.15, -0.1) is 0 Å². The fraction of sp³-hybridized carbons (Fsp3) is 0.444. The molecule has 1 aromatic carbocycles. The maximum atomic E-state index is 12.7. The van der Waals surface area contributed by atoms with Gasteiger partial charge in [0.2, 0.25) is 0 Å². The summed E-state index contributed by atoms with van der Waals surface area (Å²) in [5.41, 5.74) is 2.04. The SMILES string of the molecule is CN(C(=O)c1cc(C2CCN(S(=O)(=O)N(C)C)CC2)[nH]n1)c1ccccc1. The molecule has 27 heavy (non-hydrogen) atoms. The highest BCUT2D eigenvalue weighted by Gasteiger charge is 2.31. The van der Waals surface area contributed by atoms with Crippen molar-refractivity contribution < 1.29 is 13.2 Å². The monoisotopic (exact) mass is 391 g/mol. The summed E-state index contributed by atoms with van der Waals surface area (Å²) in [6.45, 7) is 0.912. The molecule has 0 bridgehead atoms. The number of rotatable bonds is 5.